The summed E-state index contributed by atoms with van der Waals surface area (Å²) in [5, 5.41) is 10.4. The van der Waals surface area contributed by atoms with E-state index < -0.39 is 0 Å². The Morgan fingerprint density at radius 2 is 2.07 bits per heavy atom. The molecule has 29 heavy (non-hydrogen) atoms. The number of oxazole rings is 1. The average Bonchev–Trinajstić information content (AvgIpc) is 3.13. The lowest BCUT2D eigenvalue weighted by Gasteiger charge is -2.08. The van der Waals surface area contributed by atoms with E-state index in [2.05, 4.69) is 25.9 Å². The SMILES string of the molecule is CCOc1cc(Br)cc(C=Nc2ccc3oc(-c4cccc(F)c4)nc3c2)c1O. The Kier molecular flexibility index (Phi) is 5.31. The van der Waals surface area contributed by atoms with Crippen LogP contribution in [0.5, 0.6) is 11.5 Å². The Hall–Kier alpha value is -3.19. The molecule has 0 radical (unpaired) electrons. The second-order valence-corrected chi connectivity index (χ2v) is 7.13. The summed E-state index contributed by atoms with van der Waals surface area (Å²) < 4.78 is 25.4. The van der Waals surface area contributed by atoms with E-state index in [1.807, 2.05) is 6.92 Å². The molecule has 0 unspecified atom stereocenters. The summed E-state index contributed by atoms with van der Waals surface area (Å²) in [6.45, 7) is 2.29. The van der Waals surface area contributed by atoms with Crippen LogP contribution >= 0.6 is 15.9 Å². The molecule has 4 rings (SSSR count). The fourth-order valence-electron chi connectivity index (χ4n) is 2.84. The van der Waals surface area contributed by atoms with Gasteiger partial charge in [-0.25, -0.2) is 9.37 Å². The molecule has 146 valence electrons. The van der Waals surface area contributed by atoms with Crippen molar-refractivity contribution in [2.45, 2.75) is 6.92 Å². The number of phenols is 1. The summed E-state index contributed by atoms with van der Waals surface area (Å²) >= 11 is 3.40. The molecule has 0 bridgehead atoms. The van der Waals surface area contributed by atoms with Crippen LogP contribution in [0.15, 0.2) is 68.5 Å². The van der Waals surface area contributed by atoms with Crippen molar-refractivity contribution in [3.63, 3.8) is 0 Å². The monoisotopic (exact) mass is 454 g/mol. The van der Waals surface area contributed by atoms with Gasteiger partial charge in [0.05, 0.1) is 12.3 Å². The van der Waals surface area contributed by atoms with Gasteiger partial charge in [-0.3, -0.25) is 4.99 Å². The predicted molar refractivity (Wildman–Crippen MR) is 114 cm³/mol. The van der Waals surface area contributed by atoms with Gasteiger partial charge in [-0.2, -0.15) is 0 Å². The van der Waals surface area contributed by atoms with Crippen LogP contribution in [0.1, 0.15) is 12.5 Å². The normalized spacial score (nSPS) is 11.4. The van der Waals surface area contributed by atoms with Gasteiger partial charge in [-0.1, -0.05) is 22.0 Å². The molecular weight excluding hydrogens is 439 g/mol. The standard InChI is InChI=1S/C22H16BrFN2O3/c1-2-28-20-10-15(23)8-14(21(20)27)12-25-17-6-7-19-18(11-17)26-22(29-19)13-4-3-5-16(24)9-13/h3-12,27H,2H2,1H3. The molecule has 1 heterocycles. The van der Waals surface area contributed by atoms with Crippen LogP contribution in [0.4, 0.5) is 10.1 Å². The van der Waals surface area contributed by atoms with Crippen LogP contribution in [-0.2, 0) is 0 Å². The highest BCUT2D eigenvalue weighted by Crippen LogP contribution is 2.33. The average molecular weight is 455 g/mol. The lowest BCUT2D eigenvalue weighted by molar-refractivity contribution is 0.317. The molecular formula is C22H16BrFN2O3. The Balaban J connectivity index is 1.65. The number of nitrogens with zero attached hydrogens (tertiary/aromatic N) is 2. The molecule has 0 saturated carbocycles. The number of aliphatic imine (C=N–C) groups is 1. The minimum absolute atomic E-state index is 0.0229. The quantitative estimate of drug-likeness (QED) is 0.361. The minimum atomic E-state index is -0.352. The third-order valence-electron chi connectivity index (χ3n) is 4.16. The fraction of sp³-hybridized carbons (Fsp3) is 0.0909. The lowest BCUT2D eigenvalue weighted by Crippen LogP contribution is -1.94. The maximum absolute atomic E-state index is 13.5. The van der Waals surface area contributed by atoms with Crippen LogP contribution in [0.25, 0.3) is 22.6 Å². The van der Waals surface area contributed by atoms with Crippen LogP contribution in [0.3, 0.4) is 0 Å². The number of phenolic OH excluding ortho intramolecular Hbond substituents is 1. The van der Waals surface area contributed by atoms with E-state index in [1.165, 1.54) is 12.1 Å². The zero-order chi connectivity index (χ0) is 20.4. The van der Waals surface area contributed by atoms with Crippen molar-refractivity contribution in [3.05, 3.63) is 70.5 Å². The second kappa shape index (κ2) is 8.05. The minimum Gasteiger partial charge on any atom is -0.504 e. The number of ether oxygens (including phenoxy) is 1. The van der Waals surface area contributed by atoms with Crippen molar-refractivity contribution in [3.8, 4) is 23.0 Å². The van der Waals surface area contributed by atoms with Gasteiger partial charge in [0, 0.05) is 21.8 Å². The summed E-state index contributed by atoms with van der Waals surface area (Å²) in [5.41, 5.74) is 2.89. The largest absolute Gasteiger partial charge is 0.504 e. The number of aromatic hydroxyl groups is 1. The maximum atomic E-state index is 13.5. The Bertz CT molecular complexity index is 1220. The molecule has 3 aromatic carbocycles. The molecule has 1 aromatic heterocycles. The van der Waals surface area contributed by atoms with Crippen LogP contribution < -0.4 is 4.74 Å². The molecule has 0 fully saturated rings. The van der Waals surface area contributed by atoms with E-state index in [1.54, 1.807) is 48.7 Å². The fourth-order valence-corrected chi connectivity index (χ4v) is 3.30. The molecule has 1 N–H and O–H groups in total. The van der Waals surface area contributed by atoms with Crippen molar-refractivity contribution in [1.29, 1.82) is 0 Å². The van der Waals surface area contributed by atoms with Crippen molar-refractivity contribution in [2.75, 3.05) is 6.61 Å². The van der Waals surface area contributed by atoms with Crippen molar-refractivity contribution in [2.24, 2.45) is 4.99 Å². The number of hydrogen-bond donors (Lipinski definition) is 1. The van der Waals surface area contributed by atoms with Crippen molar-refractivity contribution in [1.82, 2.24) is 4.98 Å². The van der Waals surface area contributed by atoms with Gasteiger partial charge in [0.15, 0.2) is 17.1 Å². The highest BCUT2D eigenvalue weighted by molar-refractivity contribution is 9.10. The highest BCUT2D eigenvalue weighted by Gasteiger charge is 2.11. The van der Waals surface area contributed by atoms with E-state index in [0.29, 0.717) is 46.2 Å². The number of fused-ring (bicyclic) bond motifs is 1. The lowest BCUT2D eigenvalue weighted by atomic mass is 10.2. The Morgan fingerprint density at radius 1 is 1.21 bits per heavy atom. The number of aromatic nitrogens is 1. The zero-order valence-electron chi connectivity index (χ0n) is 15.4. The van der Waals surface area contributed by atoms with E-state index in [0.717, 1.165) is 4.47 Å². The molecule has 0 spiro atoms. The molecule has 0 atom stereocenters. The van der Waals surface area contributed by atoms with Crippen LogP contribution in [0, 0.1) is 5.82 Å². The number of hydrogen-bond acceptors (Lipinski definition) is 5. The predicted octanol–water partition coefficient (Wildman–Crippen LogP) is 6.25. The topological polar surface area (TPSA) is 67.9 Å². The molecule has 0 saturated heterocycles. The summed E-state index contributed by atoms with van der Waals surface area (Å²) in [6.07, 6.45) is 1.55. The third kappa shape index (κ3) is 4.14. The summed E-state index contributed by atoms with van der Waals surface area (Å²) in [7, 11) is 0. The summed E-state index contributed by atoms with van der Waals surface area (Å²) in [4.78, 5) is 8.85. The molecule has 7 heteroatoms. The van der Waals surface area contributed by atoms with Crippen molar-refractivity contribution < 1.29 is 18.7 Å². The van der Waals surface area contributed by atoms with Crippen LogP contribution in [-0.4, -0.2) is 22.9 Å². The van der Waals surface area contributed by atoms with Gasteiger partial charge >= 0.3 is 0 Å². The molecule has 0 aliphatic rings. The summed E-state index contributed by atoms with van der Waals surface area (Å²) in [5.74, 6) is 0.395. The molecule has 0 aliphatic heterocycles. The second-order valence-electron chi connectivity index (χ2n) is 6.21. The van der Waals surface area contributed by atoms with E-state index in [9.17, 15) is 9.50 Å². The first kappa shape index (κ1) is 19.1. The van der Waals surface area contributed by atoms with Crippen molar-refractivity contribution >= 4 is 38.9 Å². The van der Waals surface area contributed by atoms with E-state index in [4.69, 9.17) is 9.15 Å². The maximum Gasteiger partial charge on any atom is 0.227 e. The number of rotatable bonds is 5. The van der Waals surface area contributed by atoms with Gasteiger partial charge < -0.3 is 14.3 Å². The first-order valence-corrected chi connectivity index (χ1v) is 9.68. The molecule has 4 aromatic rings. The third-order valence-corrected chi connectivity index (χ3v) is 4.62. The first-order valence-electron chi connectivity index (χ1n) is 8.89. The van der Waals surface area contributed by atoms with E-state index in [-0.39, 0.29) is 11.6 Å². The van der Waals surface area contributed by atoms with Crippen LogP contribution in [0.2, 0.25) is 0 Å². The van der Waals surface area contributed by atoms with Gasteiger partial charge in [0.25, 0.3) is 0 Å². The molecule has 0 amide bonds. The van der Waals surface area contributed by atoms with Gasteiger partial charge in [-0.15, -0.1) is 0 Å². The highest BCUT2D eigenvalue weighted by atomic mass is 79.9. The first-order chi connectivity index (χ1) is 14.0. The van der Waals surface area contributed by atoms with Gasteiger partial charge in [-0.05, 0) is 55.5 Å². The molecule has 5 nitrogen and oxygen atoms in total. The number of benzene rings is 3. The number of halogens is 2. The van der Waals surface area contributed by atoms with E-state index >= 15 is 0 Å². The Labute approximate surface area is 174 Å². The Morgan fingerprint density at radius 3 is 2.86 bits per heavy atom. The smallest absolute Gasteiger partial charge is 0.227 e. The zero-order valence-corrected chi connectivity index (χ0v) is 17.0. The molecule has 0 aliphatic carbocycles. The summed E-state index contributed by atoms with van der Waals surface area (Å²) in [6, 6.07) is 14.8. The van der Waals surface area contributed by atoms with Gasteiger partial charge in [0.2, 0.25) is 5.89 Å². The van der Waals surface area contributed by atoms with Gasteiger partial charge in [0.1, 0.15) is 11.3 Å².